The van der Waals surface area contributed by atoms with E-state index in [9.17, 15) is 4.79 Å². The highest BCUT2D eigenvalue weighted by molar-refractivity contribution is 5.69. The summed E-state index contributed by atoms with van der Waals surface area (Å²) in [4.78, 5) is 17.3. The van der Waals surface area contributed by atoms with Crippen LogP contribution in [-0.2, 0) is 9.53 Å². The lowest BCUT2D eigenvalue weighted by molar-refractivity contribution is -0.138. The van der Waals surface area contributed by atoms with Crippen LogP contribution in [0.2, 0.25) is 0 Å². The molecular weight excluding hydrogens is 234 g/mol. The number of nitrogens with zero attached hydrogens (tertiary/aromatic N) is 3. The van der Waals surface area contributed by atoms with Crippen molar-refractivity contribution in [1.82, 2.24) is 14.7 Å². The SMILES string of the molecule is CN1CCOC(CN2CCN(CC(=O)O)CC2)C1. The van der Waals surface area contributed by atoms with Crippen LogP contribution in [0.15, 0.2) is 0 Å². The molecule has 0 spiro atoms. The zero-order chi connectivity index (χ0) is 13.0. The Balaban J connectivity index is 1.68. The van der Waals surface area contributed by atoms with Gasteiger partial charge in [-0.15, -0.1) is 0 Å². The van der Waals surface area contributed by atoms with Gasteiger partial charge in [0.15, 0.2) is 0 Å². The Morgan fingerprint density at radius 1 is 1.22 bits per heavy atom. The number of ether oxygens (including phenoxy) is 1. The minimum Gasteiger partial charge on any atom is -0.480 e. The summed E-state index contributed by atoms with van der Waals surface area (Å²) >= 11 is 0. The maximum Gasteiger partial charge on any atom is 0.317 e. The molecule has 0 aromatic heterocycles. The lowest BCUT2D eigenvalue weighted by Gasteiger charge is -2.38. The summed E-state index contributed by atoms with van der Waals surface area (Å²) in [6.07, 6.45) is 0.301. The van der Waals surface area contributed by atoms with Crippen LogP contribution in [0.1, 0.15) is 0 Å². The molecule has 6 nitrogen and oxygen atoms in total. The second-order valence-corrected chi connectivity index (χ2v) is 5.23. The van der Waals surface area contributed by atoms with E-state index in [1.807, 2.05) is 4.90 Å². The maximum absolute atomic E-state index is 10.6. The quantitative estimate of drug-likeness (QED) is 0.698. The summed E-state index contributed by atoms with van der Waals surface area (Å²) in [5, 5.41) is 8.74. The van der Waals surface area contributed by atoms with E-state index in [0.717, 1.165) is 52.4 Å². The van der Waals surface area contributed by atoms with Gasteiger partial charge in [0, 0.05) is 45.8 Å². The molecule has 0 aromatic rings. The van der Waals surface area contributed by atoms with E-state index in [0.29, 0.717) is 6.10 Å². The number of hydrogen-bond acceptors (Lipinski definition) is 5. The molecular formula is C12H23N3O3. The molecule has 1 atom stereocenters. The molecule has 2 aliphatic heterocycles. The zero-order valence-electron chi connectivity index (χ0n) is 11.0. The van der Waals surface area contributed by atoms with Crippen molar-refractivity contribution >= 4 is 5.97 Å². The van der Waals surface area contributed by atoms with Crippen molar-refractivity contribution in [3.05, 3.63) is 0 Å². The van der Waals surface area contributed by atoms with Gasteiger partial charge in [0.2, 0.25) is 0 Å². The van der Waals surface area contributed by atoms with Gasteiger partial charge in [0.25, 0.3) is 0 Å². The highest BCUT2D eigenvalue weighted by Gasteiger charge is 2.24. The smallest absolute Gasteiger partial charge is 0.317 e. The Hall–Kier alpha value is -0.690. The first-order valence-corrected chi connectivity index (χ1v) is 6.60. The molecule has 0 bridgehead atoms. The number of likely N-dealkylation sites (N-methyl/N-ethyl adjacent to an activating group) is 1. The summed E-state index contributed by atoms with van der Waals surface area (Å²) in [6.45, 7) is 7.53. The monoisotopic (exact) mass is 257 g/mol. The third-order valence-electron chi connectivity index (χ3n) is 3.63. The maximum atomic E-state index is 10.6. The molecule has 1 N–H and O–H groups in total. The molecule has 104 valence electrons. The molecule has 0 radical (unpaired) electrons. The van der Waals surface area contributed by atoms with Crippen LogP contribution in [0.3, 0.4) is 0 Å². The summed E-state index contributed by atoms with van der Waals surface area (Å²) in [6, 6.07) is 0. The average Bonchev–Trinajstić information content (AvgIpc) is 2.31. The second-order valence-electron chi connectivity index (χ2n) is 5.23. The van der Waals surface area contributed by atoms with Crippen molar-refractivity contribution in [2.45, 2.75) is 6.10 Å². The van der Waals surface area contributed by atoms with Crippen molar-refractivity contribution in [1.29, 1.82) is 0 Å². The molecule has 2 aliphatic rings. The Morgan fingerprint density at radius 3 is 2.50 bits per heavy atom. The third kappa shape index (κ3) is 4.20. The lowest BCUT2D eigenvalue weighted by atomic mass is 10.2. The summed E-state index contributed by atoms with van der Waals surface area (Å²) < 4.78 is 5.75. The van der Waals surface area contributed by atoms with E-state index in [4.69, 9.17) is 9.84 Å². The Bertz CT molecular complexity index is 280. The van der Waals surface area contributed by atoms with E-state index in [2.05, 4.69) is 16.8 Å². The van der Waals surface area contributed by atoms with Crippen LogP contribution < -0.4 is 0 Å². The van der Waals surface area contributed by atoms with Gasteiger partial charge in [-0.2, -0.15) is 0 Å². The van der Waals surface area contributed by atoms with Crippen molar-refractivity contribution in [2.24, 2.45) is 0 Å². The number of carboxylic acid groups (broad SMARTS) is 1. The topological polar surface area (TPSA) is 56.2 Å². The third-order valence-corrected chi connectivity index (χ3v) is 3.63. The van der Waals surface area contributed by atoms with Crippen molar-refractivity contribution in [2.75, 3.05) is 66.0 Å². The summed E-state index contributed by atoms with van der Waals surface area (Å²) in [5.74, 6) is -0.735. The van der Waals surface area contributed by atoms with E-state index in [1.54, 1.807) is 0 Å². The fourth-order valence-corrected chi connectivity index (χ4v) is 2.59. The van der Waals surface area contributed by atoms with Crippen molar-refractivity contribution in [3.8, 4) is 0 Å². The minimum atomic E-state index is -0.735. The molecule has 2 fully saturated rings. The van der Waals surface area contributed by atoms with E-state index in [-0.39, 0.29) is 6.54 Å². The summed E-state index contributed by atoms with van der Waals surface area (Å²) in [5.41, 5.74) is 0. The Labute approximate surface area is 108 Å². The van der Waals surface area contributed by atoms with Crippen molar-refractivity contribution < 1.29 is 14.6 Å². The molecule has 2 saturated heterocycles. The number of piperazine rings is 1. The molecule has 2 heterocycles. The molecule has 0 amide bonds. The minimum absolute atomic E-state index is 0.163. The number of rotatable bonds is 4. The van der Waals surface area contributed by atoms with Gasteiger partial charge in [-0.1, -0.05) is 0 Å². The fourth-order valence-electron chi connectivity index (χ4n) is 2.59. The number of aliphatic carboxylic acids is 1. The second kappa shape index (κ2) is 6.47. The predicted molar refractivity (Wildman–Crippen MR) is 67.8 cm³/mol. The molecule has 0 saturated carbocycles. The lowest BCUT2D eigenvalue weighted by Crippen LogP contribution is -2.52. The van der Waals surface area contributed by atoms with Crippen LogP contribution in [0, 0.1) is 0 Å². The Morgan fingerprint density at radius 2 is 1.89 bits per heavy atom. The van der Waals surface area contributed by atoms with Crippen molar-refractivity contribution in [3.63, 3.8) is 0 Å². The van der Waals surface area contributed by atoms with Gasteiger partial charge in [-0.05, 0) is 7.05 Å². The van der Waals surface area contributed by atoms with Gasteiger partial charge in [0.05, 0.1) is 19.3 Å². The van der Waals surface area contributed by atoms with Crippen LogP contribution in [0.5, 0.6) is 0 Å². The molecule has 0 aromatic carbocycles. The first-order chi connectivity index (χ1) is 8.63. The van der Waals surface area contributed by atoms with Gasteiger partial charge >= 0.3 is 5.97 Å². The molecule has 6 heteroatoms. The molecule has 0 aliphatic carbocycles. The van der Waals surface area contributed by atoms with Gasteiger partial charge in [-0.25, -0.2) is 0 Å². The van der Waals surface area contributed by atoms with Gasteiger partial charge in [0.1, 0.15) is 0 Å². The van der Waals surface area contributed by atoms with E-state index < -0.39 is 5.97 Å². The Kier molecular flexibility index (Phi) is 4.94. The van der Waals surface area contributed by atoms with Gasteiger partial charge < -0.3 is 14.7 Å². The van der Waals surface area contributed by atoms with E-state index >= 15 is 0 Å². The van der Waals surface area contributed by atoms with E-state index in [1.165, 1.54) is 0 Å². The van der Waals surface area contributed by atoms with Crippen LogP contribution >= 0.6 is 0 Å². The van der Waals surface area contributed by atoms with Crippen LogP contribution in [-0.4, -0.2) is 97.9 Å². The summed E-state index contributed by atoms with van der Waals surface area (Å²) in [7, 11) is 2.13. The standard InChI is InChI=1S/C12H23N3O3/c1-13-6-7-18-11(8-13)9-14-2-4-15(5-3-14)10-12(16)17/h11H,2-10H2,1H3,(H,16,17). The highest BCUT2D eigenvalue weighted by atomic mass is 16.5. The first kappa shape index (κ1) is 13.7. The molecule has 1 unspecified atom stereocenters. The normalized spacial score (nSPS) is 28.4. The fraction of sp³-hybridized carbons (Fsp3) is 0.917. The van der Waals surface area contributed by atoms with Crippen LogP contribution in [0.4, 0.5) is 0 Å². The van der Waals surface area contributed by atoms with Crippen LogP contribution in [0.25, 0.3) is 0 Å². The first-order valence-electron chi connectivity index (χ1n) is 6.60. The number of carbonyl (C=O) groups is 1. The average molecular weight is 257 g/mol. The molecule has 18 heavy (non-hydrogen) atoms. The highest BCUT2D eigenvalue weighted by Crippen LogP contribution is 2.08. The zero-order valence-corrected chi connectivity index (χ0v) is 11.0. The predicted octanol–water partition coefficient (Wildman–Crippen LogP) is -0.981. The number of hydrogen-bond donors (Lipinski definition) is 1. The largest absolute Gasteiger partial charge is 0.480 e. The van der Waals surface area contributed by atoms with Gasteiger partial charge in [-0.3, -0.25) is 14.6 Å². The number of morpholine rings is 1. The number of carboxylic acids is 1. The molecule has 2 rings (SSSR count).